The zero-order valence-electron chi connectivity index (χ0n) is 12.1. The second-order valence-electron chi connectivity index (χ2n) is 4.91. The number of benzene rings is 1. The molecule has 0 saturated carbocycles. The first-order valence-electron chi connectivity index (χ1n) is 6.64. The second kappa shape index (κ2) is 7.94. The maximum absolute atomic E-state index is 12.1. The van der Waals surface area contributed by atoms with Gasteiger partial charge in [0.2, 0.25) is 0 Å². The summed E-state index contributed by atoms with van der Waals surface area (Å²) in [6, 6.07) is 7.54. The molecule has 0 fully saturated rings. The maximum atomic E-state index is 12.1. The van der Waals surface area contributed by atoms with Crippen LogP contribution in [0.5, 0.6) is 0 Å². The minimum atomic E-state index is -0.832. The van der Waals surface area contributed by atoms with Gasteiger partial charge in [0, 0.05) is 35.7 Å². The van der Waals surface area contributed by atoms with Crippen LogP contribution in [0.15, 0.2) is 29.2 Å². The summed E-state index contributed by atoms with van der Waals surface area (Å²) < 4.78 is 0. The van der Waals surface area contributed by atoms with Crippen LogP contribution in [0.2, 0.25) is 0 Å². The van der Waals surface area contributed by atoms with Gasteiger partial charge in [0.1, 0.15) is 0 Å². The van der Waals surface area contributed by atoms with Crippen LogP contribution in [0, 0.1) is 0 Å². The van der Waals surface area contributed by atoms with Crippen LogP contribution in [0.3, 0.4) is 0 Å². The van der Waals surface area contributed by atoms with Crippen LogP contribution in [0.25, 0.3) is 0 Å². The molecule has 0 heterocycles. The number of amides is 1. The highest BCUT2D eigenvalue weighted by atomic mass is 32.2. The second-order valence-corrected chi connectivity index (χ2v) is 6.56. The summed E-state index contributed by atoms with van der Waals surface area (Å²) in [6.07, 6.45) is 0.556. The summed E-state index contributed by atoms with van der Waals surface area (Å²) in [5.41, 5.74) is 0.635. The lowest BCUT2D eigenvalue weighted by molar-refractivity contribution is -0.137. The Balaban J connectivity index is 2.56. The number of carboxylic acids is 1. The van der Waals surface area contributed by atoms with E-state index in [2.05, 4.69) is 13.8 Å². The molecule has 0 unspecified atom stereocenters. The van der Waals surface area contributed by atoms with E-state index in [0.29, 0.717) is 23.8 Å². The number of rotatable bonds is 7. The fraction of sp³-hybridized carbons (Fsp3) is 0.467. The number of nitrogens with zero attached hydrogens (tertiary/aromatic N) is 1. The van der Waals surface area contributed by atoms with E-state index >= 15 is 0 Å². The van der Waals surface area contributed by atoms with Crippen LogP contribution < -0.4 is 0 Å². The van der Waals surface area contributed by atoms with E-state index in [1.165, 1.54) is 0 Å². The lowest BCUT2D eigenvalue weighted by Crippen LogP contribution is -2.28. The first-order chi connectivity index (χ1) is 9.40. The molecule has 110 valence electrons. The molecule has 0 saturated heterocycles. The summed E-state index contributed by atoms with van der Waals surface area (Å²) in [6.45, 7) is 4.70. The first-order valence-corrected chi connectivity index (χ1v) is 7.52. The normalized spacial score (nSPS) is 10.6. The van der Waals surface area contributed by atoms with E-state index in [0.717, 1.165) is 4.90 Å². The fourth-order valence-corrected chi connectivity index (χ4v) is 2.58. The number of carboxylic acid groups (broad SMARTS) is 1. The SMILES string of the molecule is CC(C)Sc1ccc(C(=O)N(C)CCCC(=O)O)cc1. The molecule has 1 aromatic carbocycles. The van der Waals surface area contributed by atoms with Gasteiger partial charge in [-0.05, 0) is 30.7 Å². The van der Waals surface area contributed by atoms with Gasteiger partial charge in [-0.15, -0.1) is 11.8 Å². The third kappa shape index (κ3) is 5.65. The van der Waals surface area contributed by atoms with Gasteiger partial charge in [0.15, 0.2) is 0 Å². The summed E-state index contributed by atoms with van der Waals surface area (Å²) in [5, 5.41) is 9.09. The Kier molecular flexibility index (Phi) is 6.58. The summed E-state index contributed by atoms with van der Waals surface area (Å²) in [4.78, 5) is 25.3. The van der Waals surface area contributed by atoms with E-state index in [1.54, 1.807) is 23.7 Å². The van der Waals surface area contributed by atoms with Crippen molar-refractivity contribution in [2.24, 2.45) is 0 Å². The average molecular weight is 295 g/mol. The number of carbonyl (C=O) groups is 2. The Bertz CT molecular complexity index is 457. The van der Waals surface area contributed by atoms with Crippen molar-refractivity contribution in [2.45, 2.75) is 36.8 Å². The number of thioether (sulfide) groups is 1. The zero-order chi connectivity index (χ0) is 15.1. The van der Waals surface area contributed by atoms with Gasteiger partial charge in [-0.1, -0.05) is 13.8 Å². The van der Waals surface area contributed by atoms with Crippen molar-refractivity contribution < 1.29 is 14.7 Å². The molecular formula is C15H21NO3S. The lowest BCUT2D eigenvalue weighted by Gasteiger charge is -2.17. The van der Waals surface area contributed by atoms with Gasteiger partial charge in [0.05, 0.1) is 0 Å². The van der Waals surface area contributed by atoms with Gasteiger partial charge in [-0.2, -0.15) is 0 Å². The molecule has 0 atom stereocenters. The molecule has 0 bridgehead atoms. The molecule has 0 aromatic heterocycles. The van der Waals surface area contributed by atoms with Crippen LogP contribution >= 0.6 is 11.8 Å². The van der Waals surface area contributed by atoms with Crippen molar-refractivity contribution in [3.8, 4) is 0 Å². The number of hydrogen-bond acceptors (Lipinski definition) is 3. The predicted molar refractivity (Wildman–Crippen MR) is 81.3 cm³/mol. The predicted octanol–water partition coefficient (Wildman–Crippen LogP) is 3.12. The van der Waals surface area contributed by atoms with E-state index in [1.807, 2.05) is 24.3 Å². The molecule has 0 aliphatic rings. The fourth-order valence-electron chi connectivity index (χ4n) is 1.74. The standard InChI is InChI=1S/C15H21NO3S/c1-11(2)20-13-8-6-12(7-9-13)15(19)16(3)10-4-5-14(17)18/h6-9,11H,4-5,10H2,1-3H3,(H,17,18). The topological polar surface area (TPSA) is 57.6 Å². The van der Waals surface area contributed by atoms with Crippen molar-refractivity contribution in [3.63, 3.8) is 0 Å². The third-order valence-electron chi connectivity index (χ3n) is 2.70. The smallest absolute Gasteiger partial charge is 0.303 e. The number of hydrogen-bond donors (Lipinski definition) is 1. The Labute approximate surface area is 124 Å². The van der Waals surface area contributed by atoms with Crippen molar-refractivity contribution in [1.29, 1.82) is 0 Å². The van der Waals surface area contributed by atoms with Crippen LogP contribution in [-0.4, -0.2) is 40.7 Å². The molecule has 0 radical (unpaired) electrons. The molecule has 4 nitrogen and oxygen atoms in total. The number of aliphatic carboxylic acids is 1. The Morgan fingerprint density at radius 3 is 2.35 bits per heavy atom. The van der Waals surface area contributed by atoms with Crippen molar-refractivity contribution in [3.05, 3.63) is 29.8 Å². The molecule has 1 rings (SSSR count). The van der Waals surface area contributed by atoms with Gasteiger partial charge in [-0.3, -0.25) is 9.59 Å². The molecule has 0 aliphatic heterocycles. The highest BCUT2D eigenvalue weighted by Gasteiger charge is 2.12. The molecular weight excluding hydrogens is 274 g/mol. The van der Waals surface area contributed by atoms with Gasteiger partial charge in [0.25, 0.3) is 5.91 Å². The highest BCUT2D eigenvalue weighted by Crippen LogP contribution is 2.23. The summed E-state index contributed by atoms with van der Waals surface area (Å²) in [7, 11) is 1.70. The van der Waals surface area contributed by atoms with Crippen LogP contribution in [-0.2, 0) is 4.79 Å². The van der Waals surface area contributed by atoms with E-state index in [-0.39, 0.29) is 12.3 Å². The van der Waals surface area contributed by atoms with Gasteiger partial charge < -0.3 is 10.0 Å². The quantitative estimate of drug-likeness (QED) is 0.785. The monoisotopic (exact) mass is 295 g/mol. The molecule has 1 aromatic rings. The largest absolute Gasteiger partial charge is 0.481 e. The van der Waals surface area contributed by atoms with Crippen LogP contribution in [0.1, 0.15) is 37.0 Å². The Morgan fingerprint density at radius 1 is 1.25 bits per heavy atom. The minimum absolute atomic E-state index is 0.0727. The van der Waals surface area contributed by atoms with Crippen LogP contribution in [0.4, 0.5) is 0 Å². The van der Waals surface area contributed by atoms with E-state index in [4.69, 9.17) is 5.11 Å². The molecule has 5 heteroatoms. The maximum Gasteiger partial charge on any atom is 0.303 e. The first kappa shape index (κ1) is 16.6. The summed E-state index contributed by atoms with van der Waals surface area (Å²) in [5.74, 6) is -0.905. The molecule has 0 aliphatic carbocycles. The van der Waals surface area contributed by atoms with Crippen molar-refractivity contribution in [2.75, 3.05) is 13.6 Å². The lowest BCUT2D eigenvalue weighted by atomic mass is 10.2. The van der Waals surface area contributed by atoms with E-state index in [9.17, 15) is 9.59 Å². The van der Waals surface area contributed by atoms with E-state index < -0.39 is 5.97 Å². The molecule has 1 N–H and O–H groups in total. The Hall–Kier alpha value is -1.49. The summed E-state index contributed by atoms with van der Waals surface area (Å²) >= 11 is 1.75. The minimum Gasteiger partial charge on any atom is -0.481 e. The van der Waals surface area contributed by atoms with Crippen molar-refractivity contribution >= 4 is 23.6 Å². The molecule has 1 amide bonds. The van der Waals surface area contributed by atoms with Crippen molar-refractivity contribution in [1.82, 2.24) is 4.90 Å². The zero-order valence-corrected chi connectivity index (χ0v) is 12.9. The van der Waals surface area contributed by atoms with Gasteiger partial charge >= 0.3 is 5.97 Å². The third-order valence-corrected chi connectivity index (χ3v) is 3.72. The highest BCUT2D eigenvalue weighted by molar-refractivity contribution is 7.99. The number of carbonyl (C=O) groups excluding carboxylic acids is 1. The molecule has 20 heavy (non-hydrogen) atoms. The Morgan fingerprint density at radius 2 is 1.85 bits per heavy atom. The average Bonchev–Trinajstić information content (AvgIpc) is 2.37. The molecule has 0 spiro atoms. The van der Waals surface area contributed by atoms with Gasteiger partial charge in [-0.25, -0.2) is 0 Å².